The lowest BCUT2D eigenvalue weighted by molar-refractivity contribution is 0.0691. The Hall–Kier alpha value is -2.35. The van der Waals surface area contributed by atoms with Gasteiger partial charge >= 0.3 is 5.97 Å². The zero-order valence-corrected chi connectivity index (χ0v) is 10.2. The predicted octanol–water partition coefficient (Wildman–Crippen LogP) is 1.65. The molecular weight excluding hydrogens is 275 g/mol. The number of hydrogen-bond donors (Lipinski definition) is 3. The van der Waals surface area contributed by atoms with Crippen LogP contribution in [0.3, 0.4) is 0 Å². The molecule has 0 aliphatic rings. The first-order valence-corrected chi connectivity index (χ1v) is 6.57. The summed E-state index contributed by atoms with van der Waals surface area (Å²) in [5.74, 6) is -2.01. The summed E-state index contributed by atoms with van der Waals surface area (Å²) in [5.41, 5.74) is -0.477. The number of halogens is 1. The number of para-hydroxylation sites is 1. The van der Waals surface area contributed by atoms with Gasteiger partial charge in [-0.25, -0.2) is 17.6 Å². The van der Waals surface area contributed by atoms with E-state index in [4.69, 9.17) is 5.11 Å². The second-order valence-electron chi connectivity index (χ2n) is 3.64. The molecule has 2 rings (SSSR count). The van der Waals surface area contributed by atoms with Gasteiger partial charge in [-0.1, -0.05) is 12.1 Å². The van der Waals surface area contributed by atoms with Crippen molar-refractivity contribution in [2.45, 2.75) is 4.90 Å². The fourth-order valence-corrected chi connectivity index (χ4v) is 2.46. The Labute approximate surface area is 107 Å². The second kappa shape index (κ2) is 4.73. The van der Waals surface area contributed by atoms with Gasteiger partial charge in [0.1, 0.15) is 16.4 Å². The first kappa shape index (κ1) is 13.1. The molecule has 19 heavy (non-hydrogen) atoms. The Morgan fingerprint density at radius 2 is 2.00 bits per heavy atom. The van der Waals surface area contributed by atoms with Crippen molar-refractivity contribution in [3.8, 4) is 0 Å². The van der Waals surface area contributed by atoms with Crippen molar-refractivity contribution in [1.82, 2.24) is 4.98 Å². The standard InChI is InChI=1S/C11H9FN2O4S/c12-8-3-1-2-4-9(8)14-19(17,18)7-5-10(11(15)16)13-6-7/h1-6,13-14H,(H,15,16). The van der Waals surface area contributed by atoms with Crippen LogP contribution < -0.4 is 4.72 Å². The highest BCUT2D eigenvalue weighted by Crippen LogP contribution is 2.19. The van der Waals surface area contributed by atoms with E-state index in [0.717, 1.165) is 18.3 Å². The van der Waals surface area contributed by atoms with E-state index in [1.54, 1.807) is 0 Å². The Balaban J connectivity index is 2.32. The van der Waals surface area contributed by atoms with Crippen LogP contribution in [0.1, 0.15) is 10.5 Å². The minimum absolute atomic E-state index is 0.208. The van der Waals surface area contributed by atoms with Crippen LogP contribution in [0.25, 0.3) is 0 Å². The van der Waals surface area contributed by atoms with Gasteiger partial charge < -0.3 is 10.1 Å². The normalized spacial score (nSPS) is 11.2. The first-order valence-electron chi connectivity index (χ1n) is 5.09. The molecule has 0 unspecified atom stereocenters. The van der Waals surface area contributed by atoms with Crippen LogP contribution in [-0.4, -0.2) is 24.5 Å². The summed E-state index contributed by atoms with van der Waals surface area (Å²) in [6.45, 7) is 0. The number of aromatic amines is 1. The monoisotopic (exact) mass is 284 g/mol. The minimum Gasteiger partial charge on any atom is -0.477 e. The van der Waals surface area contributed by atoms with Crippen molar-refractivity contribution < 1.29 is 22.7 Å². The fraction of sp³-hybridized carbons (Fsp3) is 0. The van der Waals surface area contributed by atoms with Crippen LogP contribution in [0.5, 0.6) is 0 Å². The lowest BCUT2D eigenvalue weighted by Crippen LogP contribution is -2.13. The van der Waals surface area contributed by atoms with E-state index in [9.17, 15) is 17.6 Å². The number of aromatic nitrogens is 1. The summed E-state index contributed by atoms with van der Waals surface area (Å²) in [7, 11) is -4.03. The van der Waals surface area contributed by atoms with Crippen LogP contribution in [0.4, 0.5) is 10.1 Å². The summed E-state index contributed by atoms with van der Waals surface area (Å²) in [6, 6.07) is 6.22. The van der Waals surface area contributed by atoms with Crippen molar-refractivity contribution in [2.24, 2.45) is 0 Å². The molecule has 0 aliphatic heterocycles. The molecule has 0 amide bonds. The lowest BCUT2D eigenvalue weighted by atomic mass is 10.3. The van der Waals surface area contributed by atoms with Crippen molar-refractivity contribution in [3.05, 3.63) is 48.0 Å². The van der Waals surface area contributed by atoms with E-state index in [2.05, 4.69) is 4.98 Å². The zero-order chi connectivity index (χ0) is 14.0. The number of nitrogens with one attached hydrogen (secondary N) is 2. The molecule has 0 aliphatic carbocycles. The first-order chi connectivity index (χ1) is 8.90. The topological polar surface area (TPSA) is 99.3 Å². The third kappa shape index (κ3) is 2.74. The van der Waals surface area contributed by atoms with Gasteiger partial charge in [0.2, 0.25) is 0 Å². The van der Waals surface area contributed by atoms with E-state index in [-0.39, 0.29) is 16.3 Å². The molecule has 0 saturated heterocycles. The molecule has 8 heteroatoms. The second-order valence-corrected chi connectivity index (χ2v) is 5.32. The van der Waals surface area contributed by atoms with E-state index < -0.39 is 21.8 Å². The smallest absolute Gasteiger partial charge is 0.352 e. The zero-order valence-electron chi connectivity index (χ0n) is 9.42. The molecule has 0 spiro atoms. The number of carboxylic acid groups (broad SMARTS) is 1. The molecule has 0 atom stereocenters. The van der Waals surface area contributed by atoms with E-state index >= 15 is 0 Å². The highest BCUT2D eigenvalue weighted by Gasteiger charge is 2.19. The lowest BCUT2D eigenvalue weighted by Gasteiger charge is -2.06. The maximum atomic E-state index is 13.3. The Morgan fingerprint density at radius 3 is 2.58 bits per heavy atom. The van der Waals surface area contributed by atoms with Crippen LogP contribution >= 0.6 is 0 Å². The summed E-state index contributed by atoms with van der Waals surface area (Å²) in [6.07, 6.45) is 1.02. The number of carboxylic acids is 1. The highest BCUT2D eigenvalue weighted by molar-refractivity contribution is 7.92. The van der Waals surface area contributed by atoms with Gasteiger partial charge in [0, 0.05) is 6.20 Å². The molecule has 0 radical (unpaired) electrons. The maximum Gasteiger partial charge on any atom is 0.352 e. The molecule has 3 N–H and O–H groups in total. The molecule has 1 aromatic carbocycles. The number of hydrogen-bond acceptors (Lipinski definition) is 3. The van der Waals surface area contributed by atoms with Crippen molar-refractivity contribution in [2.75, 3.05) is 4.72 Å². The van der Waals surface area contributed by atoms with Gasteiger partial charge in [0.25, 0.3) is 10.0 Å². The Bertz CT molecular complexity index is 724. The van der Waals surface area contributed by atoms with Gasteiger partial charge in [0.05, 0.1) is 5.69 Å². The summed E-state index contributed by atoms with van der Waals surface area (Å²) in [4.78, 5) is 12.7. The molecule has 2 aromatic rings. The molecular formula is C11H9FN2O4S. The van der Waals surface area contributed by atoms with Gasteiger partial charge in [-0.2, -0.15) is 0 Å². The molecule has 6 nitrogen and oxygen atoms in total. The molecule has 0 saturated carbocycles. The molecule has 1 aromatic heterocycles. The predicted molar refractivity (Wildman–Crippen MR) is 65.0 cm³/mol. The van der Waals surface area contributed by atoms with Crippen molar-refractivity contribution in [1.29, 1.82) is 0 Å². The largest absolute Gasteiger partial charge is 0.477 e. The van der Waals surface area contributed by atoms with Gasteiger partial charge in [-0.3, -0.25) is 4.72 Å². The van der Waals surface area contributed by atoms with Crippen LogP contribution in [0.2, 0.25) is 0 Å². The summed E-state index contributed by atoms with van der Waals surface area (Å²) < 4.78 is 39.2. The number of carbonyl (C=O) groups is 1. The quantitative estimate of drug-likeness (QED) is 0.794. The number of anilines is 1. The average molecular weight is 284 g/mol. The number of benzene rings is 1. The third-order valence-corrected chi connectivity index (χ3v) is 3.66. The van der Waals surface area contributed by atoms with Crippen LogP contribution in [0, 0.1) is 5.82 Å². The minimum atomic E-state index is -4.03. The Morgan fingerprint density at radius 1 is 1.32 bits per heavy atom. The van der Waals surface area contributed by atoms with Gasteiger partial charge in [-0.05, 0) is 18.2 Å². The molecule has 0 bridgehead atoms. The number of H-pyrrole nitrogens is 1. The van der Waals surface area contributed by atoms with Gasteiger partial charge in [0.15, 0.2) is 0 Å². The summed E-state index contributed by atoms with van der Waals surface area (Å²) in [5, 5.41) is 8.69. The Kier molecular flexibility index (Phi) is 3.26. The summed E-state index contributed by atoms with van der Waals surface area (Å²) >= 11 is 0. The number of aromatic carboxylic acids is 1. The van der Waals surface area contributed by atoms with E-state index in [1.807, 2.05) is 4.72 Å². The number of rotatable bonds is 4. The van der Waals surface area contributed by atoms with Crippen molar-refractivity contribution in [3.63, 3.8) is 0 Å². The fourth-order valence-electron chi connectivity index (χ4n) is 1.40. The van der Waals surface area contributed by atoms with Crippen LogP contribution in [0.15, 0.2) is 41.4 Å². The van der Waals surface area contributed by atoms with Gasteiger partial charge in [-0.15, -0.1) is 0 Å². The molecule has 1 heterocycles. The highest BCUT2D eigenvalue weighted by atomic mass is 32.2. The van der Waals surface area contributed by atoms with E-state index in [1.165, 1.54) is 18.2 Å². The number of sulfonamides is 1. The van der Waals surface area contributed by atoms with Crippen molar-refractivity contribution >= 4 is 21.7 Å². The van der Waals surface area contributed by atoms with Crippen LogP contribution in [-0.2, 0) is 10.0 Å². The third-order valence-electron chi connectivity index (χ3n) is 2.32. The van der Waals surface area contributed by atoms with E-state index in [0.29, 0.717) is 0 Å². The molecule has 0 fully saturated rings. The average Bonchev–Trinajstić information content (AvgIpc) is 2.82. The SMILES string of the molecule is O=C(O)c1cc(S(=O)(=O)Nc2ccccc2F)c[nH]1. The maximum absolute atomic E-state index is 13.3. The molecule has 100 valence electrons.